The van der Waals surface area contributed by atoms with Crippen molar-refractivity contribution in [2.75, 3.05) is 5.01 Å². The molecular formula is C15H12N4O3. The van der Waals surface area contributed by atoms with Gasteiger partial charge in [0.25, 0.3) is 0 Å². The van der Waals surface area contributed by atoms with Crippen LogP contribution in [0.1, 0.15) is 12.8 Å². The number of rotatable bonds is 3. The molecule has 0 atom stereocenters. The van der Waals surface area contributed by atoms with E-state index in [0.29, 0.717) is 5.69 Å². The van der Waals surface area contributed by atoms with Crippen LogP contribution in [0.25, 0.3) is 11.3 Å². The standard InChI is InChI=1S/C15H12N4O3/c20-14-9-7-12(15(21)22)18-19(14)13-8-6-11(16-17-13)10-4-2-1-3-5-10/h1-6,8H,7,9H2,(H,21,22). The highest BCUT2D eigenvalue weighted by Gasteiger charge is 2.26. The zero-order chi connectivity index (χ0) is 15.5. The van der Waals surface area contributed by atoms with Crippen LogP contribution in [-0.4, -0.2) is 32.9 Å². The Morgan fingerprint density at radius 1 is 1.05 bits per heavy atom. The normalized spacial score (nSPS) is 14.6. The van der Waals surface area contributed by atoms with Crippen LogP contribution in [-0.2, 0) is 9.59 Å². The molecular weight excluding hydrogens is 284 g/mol. The molecule has 2 aromatic rings. The van der Waals surface area contributed by atoms with Gasteiger partial charge in [0.05, 0.1) is 5.69 Å². The maximum Gasteiger partial charge on any atom is 0.352 e. The molecule has 110 valence electrons. The average molecular weight is 296 g/mol. The van der Waals surface area contributed by atoms with E-state index in [4.69, 9.17) is 5.11 Å². The first-order valence-electron chi connectivity index (χ1n) is 6.68. The summed E-state index contributed by atoms with van der Waals surface area (Å²) in [5, 5.41) is 21.9. The fraction of sp³-hybridized carbons (Fsp3) is 0.133. The van der Waals surface area contributed by atoms with Gasteiger partial charge in [-0.05, 0) is 12.1 Å². The minimum atomic E-state index is -1.13. The van der Waals surface area contributed by atoms with E-state index in [1.807, 2.05) is 30.3 Å². The molecule has 0 saturated carbocycles. The Bertz CT molecular complexity index is 741. The van der Waals surface area contributed by atoms with E-state index < -0.39 is 5.97 Å². The third-order valence-electron chi connectivity index (χ3n) is 3.22. The molecule has 2 heterocycles. The maximum atomic E-state index is 11.9. The number of carbonyl (C=O) groups excluding carboxylic acids is 1. The maximum absolute atomic E-state index is 11.9. The molecule has 7 nitrogen and oxygen atoms in total. The lowest BCUT2D eigenvalue weighted by Gasteiger charge is -2.20. The second-order valence-electron chi connectivity index (χ2n) is 4.70. The Kier molecular flexibility index (Phi) is 3.61. The molecule has 1 aromatic carbocycles. The van der Waals surface area contributed by atoms with E-state index in [9.17, 15) is 9.59 Å². The van der Waals surface area contributed by atoms with Crippen molar-refractivity contribution in [1.29, 1.82) is 0 Å². The number of benzene rings is 1. The number of nitrogens with zero attached hydrogens (tertiary/aromatic N) is 4. The smallest absolute Gasteiger partial charge is 0.352 e. The predicted molar refractivity (Wildman–Crippen MR) is 79.3 cm³/mol. The van der Waals surface area contributed by atoms with Gasteiger partial charge in [-0.3, -0.25) is 4.79 Å². The van der Waals surface area contributed by atoms with Crippen molar-refractivity contribution in [2.24, 2.45) is 5.10 Å². The second kappa shape index (κ2) is 5.72. The number of hydrazone groups is 1. The third kappa shape index (κ3) is 2.69. The number of amides is 1. The van der Waals surface area contributed by atoms with E-state index in [0.717, 1.165) is 10.6 Å². The molecule has 0 aliphatic carbocycles. The first kappa shape index (κ1) is 13.9. The van der Waals surface area contributed by atoms with E-state index in [2.05, 4.69) is 15.3 Å². The summed E-state index contributed by atoms with van der Waals surface area (Å²) in [6.45, 7) is 0. The monoisotopic (exact) mass is 296 g/mol. The minimum Gasteiger partial charge on any atom is -0.477 e. The van der Waals surface area contributed by atoms with Crippen molar-refractivity contribution in [3.8, 4) is 11.3 Å². The lowest BCUT2D eigenvalue weighted by Crippen LogP contribution is -2.34. The number of carboxylic acid groups (broad SMARTS) is 1. The van der Waals surface area contributed by atoms with Crippen LogP contribution in [0, 0.1) is 0 Å². The molecule has 22 heavy (non-hydrogen) atoms. The van der Waals surface area contributed by atoms with Crippen LogP contribution in [0.15, 0.2) is 47.6 Å². The molecule has 0 unspecified atom stereocenters. The Morgan fingerprint density at radius 2 is 1.82 bits per heavy atom. The number of hydrogen-bond acceptors (Lipinski definition) is 5. The van der Waals surface area contributed by atoms with Crippen LogP contribution in [0.3, 0.4) is 0 Å². The summed E-state index contributed by atoms with van der Waals surface area (Å²) < 4.78 is 0. The quantitative estimate of drug-likeness (QED) is 0.930. The van der Waals surface area contributed by atoms with Gasteiger partial charge >= 0.3 is 5.97 Å². The van der Waals surface area contributed by atoms with E-state index in [1.165, 1.54) is 0 Å². The molecule has 0 fully saturated rings. The fourth-order valence-corrected chi connectivity index (χ4v) is 2.09. The number of aromatic nitrogens is 2. The summed E-state index contributed by atoms with van der Waals surface area (Å²) in [4.78, 5) is 22.8. The van der Waals surface area contributed by atoms with Crippen LogP contribution in [0.2, 0.25) is 0 Å². The van der Waals surface area contributed by atoms with Gasteiger partial charge < -0.3 is 5.11 Å². The van der Waals surface area contributed by atoms with Crippen molar-refractivity contribution >= 4 is 23.4 Å². The molecule has 3 rings (SSSR count). The number of hydrogen-bond donors (Lipinski definition) is 1. The van der Waals surface area contributed by atoms with Crippen molar-refractivity contribution < 1.29 is 14.7 Å². The Labute approximate surface area is 125 Å². The summed E-state index contributed by atoms with van der Waals surface area (Å²) >= 11 is 0. The van der Waals surface area contributed by atoms with Crippen molar-refractivity contribution in [1.82, 2.24) is 10.2 Å². The van der Waals surface area contributed by atoms with Gasteiger partial charge in [-0.15, -0.1) is 10.2 Å². The highest BCUT2D eigenvalue weighted by molar-refractivity contribution is 6.37. The molecule has 1 N–H and O–H groups in total. The SMILES string of the molecule is O=C(O)C1=NN(c2ccc(-c3ccccc3)nn2)C(=O)CC1. The average Bonchev–Trinajstić information content (AvgIpc) is 2.56. The number of anilines is 1. The van der Waals surface area contributed by atoms with Gasteiger partial charge in [0.15, 0.2) is 5.82 Å². The topological polar surface area (TPSA) is 95.8 Å². The summed E-state index contributed by atoms with van der Waals surface area (Å²) in [7, 11) is 0. The minimum absolute atomic E-state index is 0.0615. The third-order valence-corrected chi connectivity index (χ3v) is 3.22. The molecule has 0 radical (unpaired) electrons. The van der Waals surface area contributed by atoms with Crippen molar-refractivity contribution in [3.63, 3.8) is 0 Å². The molecule has 0 bridgehead atoms. The first-order chi connectivity index (χ1) is 10.6. The Balaban J connectivity index is 1.90. The first-order valence-corrected chi connectivity index (χ1v) is 6.68. The molecule has 7 heteroatoms. The van der Waals surface area contributed by atoms with Crippen molar-refractivity contribution in [3.05, 3.63) is 42.5 Å². The van der Waals surface area contributed by atoms with Gasteiger partial charge in [-0.25, -0.2) is 4.79 Å². The largest absolute Gasteiger partial charge is 0.477 e. The lowest BCUT2D eigenvalue weighted by atomic mass is 10.1. The van der Waals surface area contributed by atoms with E-state index in [-0.39, 0.29) is 30.3 Å². The van der Waals surface area contributed by atoms with Gasteiger partial charge in [0, 0.05) is 18.4 Å². The van der Waals surface area contributed by atoms with Gasteiger partial charge in [0.1, 0.15) is 5.71 Å². The molecule has 1 amide bonds. The number of carboxylic acids is 1. The lowest BCUT2D eigenvalue weighted by molar-refractivity contribution is -0.129. The van der Waals surface area contributed by atoms with Gasteiger partial charge in [-0.2, -0.15) is 10.1 Å². The number of aliphatic carboxylic acids is 1. The molecule has 0 saturated heterocycles. The predicted octanol–water partition coefficient (Wildman–Crippen LogP) is 1.71. The van der Waals surface area contributed by atoms with E-state index in [1.54, 1.807) is 12.1 Å². The van der Waals surface area contributed by atoms with E-state index >= 15 is 0 Å². The summed E-state index contributed by atoms with van der Waals surface area (Å²) in [5.74, 6) is -1.22. The van der Waals surface area contributed by atoms with Crippen LogP contribution >= 0.6 is 0 Å². The molecule has 0 spiro atoms. The fourth-order valence-electron chi connectivity index (χ4n) is 2.09. The summed E-state index contributed by atoms with van der Waals surface area (Å²) in [5.41, 5.74) is 1.51. The van der Waals surface area contributed by atoms with Crippen molar-refractivity contribution in [2.45, 2.75) is 12.8 Å². The Hall–Kier alpha value is -3.09. The summed E-state index contributed by atoms with van der Waals surface area (Å²) in [6, 6.07) is 12.8. The second-order valence-corrected chi connectivity index (χ2v) is 4.70. The summed E-state index contributed by atoms with van der Waals surface area (Å²) in [6.07, 6.45) is 0.216. The zero-order valence-electron chi connectivity index (χ0n) is 11.5. The molecule has 1 aromatic heterocycles. The number of carbonyl (C=O) groups is 2. The molecule has 1 aliphatic rings. The molecule has 1 aliphatic heterocycles. The van der Waals surface area contributed by atoms with Crippen LogP contribution in [0.4, 0.5) is 5.82 Å². The van der Waals surface area contributed by atoms with Gasteiger partial charge in [0.2, 0.25) is 5.91 Å². The van der Waals surface area contributed by atoms with Crippen LogP contribution in [0.5, 0.6) is 0 Å². The highest BCUT2D eigenvalue weighted by Crippen LogP contribution is 2.21. The van der Waals surface area contributed by atoms with Gasteiger partial charge in [-0.1, -0.05) is 30.3 Å². The zero-order valence-corrected chi connectivity index (χ0v) is 11.5. The van der Waals surface area contributed by atoms with Crippen LogP contribution < -0.4 is 5.01 Å². The Morgan fingerprint density at radius 3 is 2.45 bits per heavy atom. The highest BCUT2D eigenvalue weighted by atomic mass is 16.4.